The molecule has 0 amide bonds. The van der Waals surface area contributed by atoms with Gasteiger partial charge >= 0.3 is 47.7 Å². The molecule has 0 heterocycles. The van der Waals surface area contributed by atoms with Gasteiger partial charge in [-0.1, -0.05) is 0 Å². The molecule has 0 aliphatic carbocycles. The van der Waals surface area contributed by atoms with Gasteiger partial charge in [0.2, 0.25) is 0 Å². The van der Waals surface area contributed by atoms with Crippen molar-refractivity contribution in [1.29, 1.82) is 0 Å². The number of rotatable bonds is 4. The predicted molar refractivity (Wildman–Crippen MR) is 33.7 cm³/mol. The minimum Gasteiger partial charge on any atom is -1.00 e. The van der Waals surface area contributed by atoms with Gasteiger partial charge in [-0.15, -0.1) is 0 Å². The zero-order valence-electron chi connectivity index (χ0n) is 7.85. The average molecular weight is 202 g/mol. The Labute approximate surface area is 96.4 Å². The first kappa shape index (κ1) is 14.7. The second kappa shape index (κ2) is 7.84. The number of carbonyl (C=O) groups is 3. The van der Waals surface area contributed by atoms with Crippen LogP contribution >= 0.6 is 0 Å². The Morgan fingerprint density at radius 1 is 1.00 bits per heavy atom. The predicted octanol–water partition coefficient (Wildman–Crippen LogP) is -3.57. The second-order valence-electron chi connectivity index (χ2n) is 1.61. The van der Waals surface area contributed by atoms with Gasteiger partial charge in [-0.3, -0.25) is 0 Å². The Balaban J connectivity index is -0.000000605. The van der Waals surface area contributed by atoms with Gasteiger partial charge < -0.3 is 21.1 Å². The molecule has 8 heteroatoms. The topological polar surface area (TPSA) is 110 Å². The van der Waals surface area contributed by atoms with Crippen molar-refractivity contribution in [2.45, 2.75) is 0 Å². The fraction of sp³-hybridized carbons (Fsp3) is 0.400. The fourth-order valence-electron chi connectivity index (χ4n) is 0.283. The van der Waals surface area contributed by atoms with Crippen LogP contribution in [-0.2, 0) is 19.1 Å². The van der Waals surface area contributed by atoms with E-state index in [9.17, 15) is 14.4 Å². The summed E-state index contributed by atoms with van der Waals surface area (Å²) in [4.78, 5) is 29.9. The van der Waals surface area contributed by atoms with E-state index in [2.05, 4.69) is 9.47 Å². The van der Waals surface area contributed by atoms with Crippen LogP contribution in [0.25, 0.3) is 0 Å². The quantitative estimate of drug-likeness (QED) is 0.358. The molecule has 0 aromatic carbocycles. The molecule has 0 spiro atoms. The number of carboxylic acid groups (broad SMARTS) is 2. The van der Waals surface area contributed by atoms with Crippen molar-refractivity contribution in [2.24, 2.45) is 0 Å². The van der Waals surface area contributed by atoms with Gasteiger partial charge in [0.05, 0.1) is 0 Å². The third-order valence-electron chi connectivity index (χ3n) is 0.627. The zero-order valence-corrected chi connectivity index (χ0v) is 8.85. The minimum atomic E-state index is -1.35. The van der Waals surface area contributed by atoms with Crippen LogP contribution in [0, 0.1) is 0 Å². The summed E-state index contributed by atoms with van der Waals surface area (Å²) in [5, 5.41) is 16.0. The van der Waals surface area contributed by atoms with Crippen molar-refractivity contribution in [3.05, 3.63) is 0 Å². The molecule has 0 bridgehead atoms. The van der Waals surface area contributed by atoms with Gasteiger partial charge in [0.25, 0.3) is 0 Å². The molecule has 0 aliphatic heterocycles. The molecule has 0 saturated carbocycles. The van der Waals surface area contributed by atoms with Crippen LogP contribution in [-0.4, -0.2) is 41.5 Å². The van der Waals surface area contributed by atoms with Crippen LogP contribution in [0.15, 0.2) is 0 Å². The van der Waals surface area contributed by atoms with E-state index in [1.165, 1.54) is 0 Å². The number of aliphatic carboxylic acids is 2. The number of hydrogen-bond donors (Lipinski definition) is 2. The number of carbonyl (C=O) groups excluding carboxylic acids is 1. The van der Waals surface area contributed by atoms with Crippen LogP contribution < -0.4 is 29.6 Å². The standard InChI is InChI=1S/C5H6O7.Na.H/c6-3(7)1-11-5(10)12-2-4(8)9;;/h1-2H2,(H,6,7)(H,8,9);;/q;+1;-1. The molecule has 7 nitrogen and oxygen atoms in total. The third-order valence-corrected chi connectivity index (χ3v) is 0.627. The van der Waals surface area contributed by atoms with Gasteiger partial charge in [-0.05, 0) is 0 Å². The SMILES string of the molecule is O=C(O)COC(=O)OCC(=O)O.[H-].[Na+]. The van der Waals surface area contributed by atoms with Gasteiger partial charge in [-0.25, -0.2) is 14.4 Å². The van der Waals surface area contributed by atoms with E-state index in [4.69, 9.17) is 10.2 Å². The van der Waals surface area contributed by atoms with Crippen molar-refractivity contribution in [3.63, 3.8) is 0 Å². The summed E-state index contributed by atoms with van der Waals surface area (Å²) in [6.45, 7) is -1.70. The Morgan fingerprint density at radius 3 is 1.54 bits per heavy atom. The van der Waals surface area contributed by atoms with E-state index in [0.717, 1.165) is 0 Å². The molecular formula is C5H7NaO7. The molecule has 0 rings (SSSR count). The molecule has 2 N–H and O–H groups in total. The van der Waals surface area contributed by atoms with E-state index in [1.807, 2.05) is 0 Å². The van der Waals surface area contributed by atoms with Crippen LogP contribution in [0.4, 0.5) is 4.79 Å². The zero-order chi connectivity index (χ0) is 9.56. The molecule has 0 aliphatic rings. The Bertz CT molecular complexity index is 186. The van der Waals surface area contributed by atoms with Gasteiger partial charge in [0, 0.05) is 0 Å². The Morgan fingerprint density at radius 2 is 1.31 bits per heavy atom. The fourth-order valence-corrected chi connectivity index (χ4v) is 0.283. The second-order valence-corrected chi connectivity index (χ2v) is 1.61. The van der Waals surface area contributed by atoms with Gasteiger partial charge in [0.1, 0.15) is 0 Å². The van der Waals surface area contributed by atoms with E-state index < -0.39 is 31.3 Å². The molecule has 70 valence electrons. The minimum absolute atomic E-state index is 0. The smallest absolute Gasteiger partial charge is 1.00 e. The van der Waals surface area contributed by atoms with Crippen LogP contribution in [0.5, 0.6) is 0 Å². The molecule has 0 unspecified atom stereocenters. The van der Waals surface area contributed by atoms with Crippen molar-refractivity contribution in [3.8, 4) is 0 Å². The van der Waals surface area contributed by atoms with Crippen molar-refractivity contribution in [1.82, 2.24) is 0 Å². The molecule has 0 saturated heterocycles. The maximum Gasteiger partial charge on any atom is 1.00 e. The van der Waals surface area contributed by atoms with E-state index >= 15 is 0 Å². The van der Waals surface area contributed by atoms with E-state index in [-0.39, 0.29) is 31.0 Å². The Hall–Kier alpha value is -0.790. The summed E-state index contributed by atoms with van der Waals surface area (Å²) in [5.41, 5.74) is 0. The summed E-state index contributed by atoms with van der Waals surface area (Å²) in [7, 11) is 0. The maximum absolute atomic E-state index is 10.3. The maximum atomic E-state index is 10.3. The molecule has 0 fully saturated rings. The van der Waals surface area contributed by atoms with Gasteiger partial charge in [-0.2, -0.15) is 0 Å². The summed E-state index contributed by atoms with van der Waals surface area (Å²) in [6.07, 6.45) is -1.32. The molecular weight excluding hydrogens is 195 g/mol. The molecule has 13 heavy (non-hydrogen) atoms. The summed E-state index contributed by atoms with van der Waals surface area (Å²) in [6, 6.07) is 0. The molecule has 0 aromatic rings. The Kier molecular flexibility index (Phi) is 8.87. The van der Waals surface area contributed by atoms with E-state index in [1.54, 1.807) is 0 Å². The van der Waals surface area contributed by atoms with Crippen molar-refractivity contribution >= 4 is 18.1 Å². The molecule has 0 atom stereocenters. The van der Waals surface area contributed by atoms with Crippen LogP contribution in [0.1, 0.15) is 1.43 Å². The number of hydrogen-bond acceptors (Lipinski definition) is 5. The summed E-state index contributed by atoms with van der Waals surface area (Å²) in [5.74, 6) is -2.69. The first-order valence-corrected chi connectivity index (χ1v) is 2.75. The summed E-state index contributed by atoms with van der Waals surface area (Å²) < 4.78 is 7.86. The van der Waals surface area contributed by atoms with Crippen molar-refractivity contribution in [2.75, 3.05) is 13.2 Å². The van der Waals surface area contributed by atoms with Gasteiger partial charge in [0.15, 0.2) is 13.2 Å². The first-order valence-electron chi connectivity index (χ1n) is 2.75. The molecule has 0 radical (unpaired) electrons. The van der Waals surface area contributed by atoms with E-state index in [0.29, 0.717) is 0 Å². The number of carboxylic acids is 2. The average Bonchev–Trinajstić information content (AvgIpc) is 1.96. The first-order chi connectivity index (χ1) is 5.52. The third kappa shape index (κ3) is 11.2. The number of ether oxygens (including phenoxy) is 2. The van der Waals surface area contributed by atoms with Crippen LogP contribution in [0.3, 0.4) is 0 Å². The normalized spacial score (nSPS) is 8.00. The monoisotopic (exact) mass is 202 g/mol. The van der Waals surface area contributed by atoms with Crippen molar-refractivity contribution < 1.29 is 65.1 Å². The largest absolute Gasteiger partial charge is 1.00 e. The summed E-state index contributed by atoms with van der Waals surface area (Å²) >= 11 is 0. The molecule has 0 aromatic heterocycles. The van der Waals surface area contributed by atoms with Crippen LogP contribution in [0.2, 0.25) is 0 Å².